The Morgan fingerprint density at radius 2 is 2.24 bits per heavy atom. The predicted octanol–water partition coefficient (Wildman–Crippen LogP) is 4.21. The summed E-state index contributed by atoms with van der Waals surface area (Å²) in [4.78, 5) is 15.7. The van der Waals surface area contributed by atoms with Gasteiger partial charge in [-0.3, -0.25) is 10.1 Å². The SMILES string of the molecule is O=[N+]([O-])c1ccc2nc(NCCc3ccc(Br)s3)oc2c1. The van der Waals surface area contributed by atoms with Crippen LogP contribution in [0, 0.1) is 10.1 Å². The Morgan fingerprint density at radius 1 is 1.38 bits per heavy atom. The Hall–Kier alpha value is -1.93. The number of non-ortho nitro benzene ring substituents is 1. The molecule has 3 aromatic rings. The molecular weight excluding hydrogens is 358 g/mol. The molecule has 6 nitrogen and oxygen atoms in total. The summed E-state index contributed by atoms with van der Waals surface area (Å²) < 4.78 is 6.57. The molecule has 0 bridgehead atoms. The van der Waals surface area contributed by atoms with E-state index in [0.717, 1.165) is 10.2 Å². The number of hydrogen-bond acceptors (Lipinski definition) is 6. The number of aromatic nitrogens is 1. The van der Waals surface area contributed by atoms with E-state index in [-0.39, 0.29) is 5.69 Å². The molecule has 0 spiro atoms. The molecule has 0 unspecified atom stereocenters. The molecule has 0 fully saturated rings. The third kappa shape index (κ3) is 3.22. The summed E-state index contributed by atoms with van der Waals surface area (Å²) in [6.45, 7) is 0.682. The van der Waals surface area contributed by atoms with Crippen LogP contribution < -0.4 is 5.32 Å². The van der Waals surface area contributed by atoms with Gasteiger partial charge in [-0.1, -0.05) is 0 Å². The normalized spacial score (nSPS) is 10.9. The van der Waals surface area contributed by atoms with Gasteiger partial charge in [-0.05, 0) is 40.5 Å². The van der Waals surface area contributed by atoms with Gasteiger partial charge in [0.05, 0.1) is 14.8 Å². The number of anilines is 1. The first kappa shape index (κ1) is 14.0. The van der Waals surface area contributed by atoms with Crippen molar-refractivity contribution in [1.29, 1.82) is 0 Å². The van der Waals surface area contributed by atoms with E-state index < -0.39 is 4.92 Å². The molecule has 2 aromatic heterocycles. The number of nitro benzene ring substituents is 1. The number of fused-ring (bicyclic) bond motifs is 1. The van der Waals surface area contributed by atoms with Crippen LogP contribution >= 0.6 is 27.3 Å². The standard InChI is InChI=1S/C13H10BrN3O3S/c14-12-4-2-9(21-12)5-6-15-13-16-10-3-1-8(17(18)19)7-11(10)20-13/h1-4,7H,5-6H2,(H,15,16). The molecule has 0 aliphatic heterocycles. The van der Waals surface area contributed by atoms with Crippen LogP contribution in [0.15, 0.2) is 38.5 Å². The highest BCUT2D eigenvalue weighted by molar-refractivity contribution is 9.11. The van der Waals surface area contributed by atoms with Crippen LogP contribution in [0.25, 0.3) is 11.1 Å². The van der Waals surface area contributed by atoms with Gasteiger partial charge < -0.3 is 9.73 Å². The lowest BCUT2D eigenvalue weighted by atomic mass is 10.3. The molecule has 1 aromatic carbocycles. The van der Waals surface area contributed by atoms with E-state index in [9.17, 15) is 10.1 Å². The fourth-order valence-corrected chi connectivity index (χ4v) is 3.36. The predicted molar refractivity (Wildman–Crippen MR) is 84.9 cm³/mol. The van der Waals surface area contributed by atoms with Gasteiger partial charge in [-0.15, -0.1) is 11.3 Å². The Labute approximate surface area is 132 Å². The first-order chi connectivity index (χ1) is 10.1. The van der Waals surface area contributed by atoms with E-state index >= 15 is 0 Å². The van der Waals surface area contributed by atoms with Crippen LogP contribution in [0.1, 0.15) is 4.88 Å². The van der Waals surface area contributed by atoms with Crippen molar-refractivity contribution in [3.8, 4) is 0 Å². The zero-order valence-corrected chi connectivity index (χ0v) is 13.1. The second kappa shape index (κ2) is 5.82. The van der Waals surface area contributed by atoms with Crippen LogP contribution in [0.2, 0.25) is 0 Å². The zero-order chi connectivity index (χ0) is 14.8. The average molecular weight is 368 g/mol. The monoisotopic (exact) mass is 367 g/mol. The molecule has 0 saturated carbocycles. The van der Waals surface area contributed by atoms with Crippen molar-refractivity contribution in [3.63, 3.8) is 0 Å². The smallest absolute Gasteiger partial charge is 0.295 e. The summed E-state index contributed by atoms with van der Waals surface area (Å²) in [5.41, 5.74) is 1.00. The molecular formula is C13H10BrN3O3S. The van der Waals surface area contributed by atoms with Gasteiger partial charge in [-0.2, -0.15) is 4.98 Å². The van der Waals surface area contributed by atoms with Crippen molar-refractivity contribution in [3.05, 3.63) is 49.1 Å². The number of oxazole rings is 1. The summed E-state index contributed by atoms with van der Waals surface area (Å²) >= 11 is 5.11. The van der Waals surface area contributed by atoms with Crippen LogP contribution in [0.5, 0.6) is 0 Å². The van der Waals surface area contributed by atoms with Crippen LogP contribution in [-0.2, 0) is 6.42 Å². The van der Waals surface area contributed by atoms with E-state index in [1.54, 1.807) is 17.4 Å². The Morgan fingerprint density at radius 3 is 2.95 bits per heavy atom. The van der Waals surface area contributed by atoms with E-state index in [2.05, 4.69) is 32.3 Å². The maximum absolute atomic E-state index is 10.7. The highest BCUT2D eigenvalue weighted by atomic mass is 79.9. The highest BCUT2D eigenvalue weighted by Gasteiger charge is 2.11. The fraction of sp³-hybridized carbons (Fsp3) is 0.154. The lowest BCUT2D eigenvalue weighted by Crippen LogP contribution is -2.03. The second-order valence-electron chi connectivity index (χ2n) is 4.31. The van der Waals surface area contributed by atoms with Crippen LogP contribution in [0.3, 0.4) is 0 Å². The number of nitrogens with one attached hydrogen (secondary N) is 1. The summed E-state index contributed by atoms with van der Waals surface area (Å²) in [6, 6.07) is 8.83. The number of nitrogens with zero attached hydrogens (tertiary/aromatic N) is 2. The van der Waals surface area contributed by atoms with Crippen molar-refractivity contribution in [2.45, 2.75) is 6.42 Å². The number of rotatable bonds is 5. The summed E-state index contributed by atoms with van der Waals surface area (Å²) in [5, 5.41) is 13.8. The molecule has 0 aliphatic rings. The molecule has 0 aliphatic carbocycles. The Bertz CT molecular complexity index is 799. The maximum atomic E-state index is 10.7. The minimum Gasteiger partial charge on any atom is -0.423 e. The lowest BCUT2D eigenvalue weighted by Gasteiger charge is -1.98. The summed E-state index contributed by atoms with van der Waals surface area (Å²) in [5.74, 6) is 0. The van der Waals surface area contributed by atoms with Gasteiger partial charge in [-0.25, -0.2) is 0 Å². The van der Waals surface area contributed by atoms with E-state index in [4.69, 9.17) is 4.42 Å². The number of hydrogen-bond donors (Lipinski definition) is 1. The average Bonchev–Trinajstić information content (AvgIpc) is 3.03. The minimum absolute atomic E-state index is 0.00589. The fourth-order valence-electron chi connectivity index (χ4n) is 1.88. The first-order valence-corrected chi connectivity index (χ1v) is 7.76. The molecule has 0 radical (unpaired) electrons. The molecule has 108 valence electrons. The number of halogens is 1. The quantitative estimate of drug-likeness (QED) is 0.539. The maximum Gasteiger partial charge on any atom is 0.295 e. The van der Waals surface area contributed by atoms with Crippen molar-refractivity contribution in [1.82, 2.24) is 4.98 Å². The molecule has 0 atom stereocenters. The molecule has 1 N–H and O–H groups in total. The molecule has 0 amide bonds. The van der Waals surface area contributed by atoms with Crippen molar-refractivity contribution < 1.29 is 9.34 Å². The second-order valence-corrected chi connectivity index (χ2v) is 6.86. The van der Waals surface area contributed by atoms with Gasteiger partial charge in [0, 0.05) is 17.5 Å². The van der Waals surface area contributed by atoms with Crippen LogP contribution in [-0.4, -0.2) is 16.5 Å². The van der Waals surface area contributed by atoms with Crippen molar-refractivity contribution in [2.75, 3.05) is 11.9 Å². The van der Waals surface area contributed by atoms with Crippen molar-refractivity contribution in [2.24, 2.45) is 0 Å². The van der Waals surface area contributed by atoms with Crippen LogP contribution in [0.4, 0.5) is 11.7 Å². The van der Waals surface area contributed by atoms with Gasteiger partial charge in [0.15, 0.2) is 5.58 Å². The summed E-state index contributed by atoms with van der Waals surface area (Å²) in [6.07, 6.45) is 0.856. The topological polar surface area (TPSA) is 81.2 Å². The van der Waals surface area contributed by atoms with Gasteiger partial charge >= 0.3 is 0 Å². The zero-order valence-electron chi connectivity index (χ0n) is 10.7. The lowest BCUT2D eigenvalue weighted by molar-refractivity contribution is -0.384. The van der Waals surface area contributed by atoms with E-state index in [0.29, 0.717) is 23.7 Å². The number of nitro groups is 1. The largest absolute Gasteiger partial charge is 0.423 e. The van der Waals surface area contributed by atoms with Crippen molar-refractivity contribution >= 4 is 50.1 Å². The molecule has 0 saturated heterocycles. The molecule has 3 rings (SSSR count). The molecule has 8 heteroatoms. The minimum atomic E-state index is -0.455. The Balaban J connectivity index is 1.68. The number of thiophene rings is 1. The van der Waals surface area contributed by atoms with Gasteiger partial charge in [0.1, 0.15) is 5.52 Å². The van der Waals surface area contributed by atoms with E-state index in [1.165, 1.54) is 17.0 Å². The third-order valence-electron chi connectivity index (χ3n) is 2.86. The molecule has 2 heterocycles. The molecule has 21 heavy (non-hydrogen) atoms. The van der Waals surface area contributed by atoms with Gasteiger partial charge in [0.2, 0.25) is 0 Å². The highest BCUT2D eigenvalue weighted by Crippen LogP contribution is 2.24. The summed E-state index contributed by atoms with van der Waals surface area (Å²) in [7, 11) is 0. The first-order valence-electron chi connectivity index (χ1n) is 6.15. The van der Waals surface area contributed by atoms with Gasteiger partial charge in [0.25, 0.3) is 11.7 Å². The number of benzene rings is 1. The van der Waals surface area contributed by atoms with E-state index in [1.807, 2.05) is 6.07 Å². The Kier molecular flexibility index (Phi) is 3.89. The third-order valence-corrected chi connectivity index (χ3v) is 4.54.